The van der Waals surface area contributed by atoms with Gasteiger partial charge in [0.2, 0.25) is 0 Å². The average molecular weight is 301 g/mol. The summed E-state index contributed by atoms with van der Waals surface area (Å²) in [6, 6.07) is 5.48. The molecule has 0 radical (unpaired) electrons. The number of ether oxygens (including phenoxy) is 1. The van der Waals surface area contributed by atoms with E-state index in [4.69, 9.17) is 4.74 Å². The van der Waals surface area contributed by atoms with Crippen LogP contribution in [0.1, 0.15) is 17.8 Å². The van der Waals surface area contributed by atoms with E-state index in [1.807, 2.05) is 12.1 Å². The first-order valence-electron chi connectivity index (χ1n) is 5.98. The fourth-order valence-electron chi connectivity index (χ4n) is 2.02. The topological polar surface area (TPSA) is 47.0 Å². The normalized spacial score (nSPS) is 14.6. The second kappa shape index (κ2) is 4.93. The number of hydrogen-bond donors (Lipinski definition) is 1. The van der Waals surface area contributed by atoms with Crippen molar-refractivity contribution >= 4 is 17.2 Å². The van der Waals surface area contributed by atoms with Gasteiger partial charge in [-0.05, 0) is 24.5 Å². The highest BCUT2D eigenvalue weighted by atomic mass is 32.1. The van der Waals surface area contributed by atoms with Gasteiger partial charge in [-0.15, -0.1) is 0 Å². The summed E-state index contributed by atoms with van der Waals surface area (Å²) in [6.45, 7) is 0.817. The van der Waals surface area contributed by atoms with E-state index in [-0.39, 0.29) is 5.19 Å². The summed E-state index contributed by atoms with van der Waals surface area (Å²) in [7, 11) is 0. The van der Waals surface area contributed by atoms with E-state index in [0.29, 0.717) is 17.3 Å². The van der Waals surface area contributed by atoms with Crippen LogP contribution in [0.5, 0.6) is 10.9 Å². The number of aromatic nitrogens is 2. The van der Waals surface area contributed by atoms with Gasteiger partial charge in [-0.1, -0.05) is 12.1 Å². The summed E-state index contributed by atoms with van der Waals surface area (Å²) in [5, 5.41) is 3.08. The molecule has 0 unspecified atom stereocenters. The van der Waals surface area contributed by atoms with Gasteiger partial charge in [-0.2, -0.15) is 22.5 Å². The molecule has 0 saturated heterocycles. The third-order valence-corrected chi connectivity index (χ3v) is 3.49. The molecule has 0 bridgehead atoms. The van der Waals surface area contributed by atoms with Crippen LogP contribution in [0.15, 0.2) is 18.2 Å². The molecule has 8 heteroatoms. The second-order valence-corrected chi connectivity index (χ2v) is 5.02. The fraction of sp³-hybridized carbons (Fsp3) is 0.333. The molecule has 0 fully saturated rings. The van der Waals surface area contributed by atoms with Gasteiger partial charge in [0.25, 0.3) is 11.0 Å². The minimum atomic E-state index is -4.55. The molecule has 1 aromatic carbocycles. The Labute approximate surface area is 116 Å². The van der Waals surface area contributed by atoms with Gasteiger partial charge < -0.3 is 10.1 Å². The van der Waals surface area contributed by atoms with Crippen molar-refractivity contribution in [3.05, 3.63) is 29.6 Å². The van der Waals surface area contributed by atoms with Crippen molar-refractivity contribution in [2.75, 3.05) is 11.9 Å². The van der Waals surface area contributed by atoms with Crippen LogP contribution >= 0.6 is 11.5 Å². The first-order valence-corrected chi connectivity index (χ1v) is 6.76. The molecule has 106 valence electrons. The summed E-state index contributed by atoms with van der Waals surface area (Å²) in [4.78, 5) is 3.36. The molecule has 0 amide bonds. The first kappa shape index (κ1) is 13.2. The maximum Gasteiger partial charge on any atom is 0.452 e. The molecule has 2 heterocycles. The van der Waals surface area contributed by atoms with Crippen LogP contribution in [0.3, 0.4) is 0 Å². The summed E-state index contributed by atoms with van der Waals surface area (Å²) < 4.78 is 46.0. The highest BCUT2D eigenvalue weighted by molar-refractivity contribution is 7.07. The summed E-state index contributed by atoms with van der Waals surface area (Å²) in [5.74, 6) is -0.692. The predicted molar refractivity (Wildman–Crippen MR) is 68.2 cm³/mol. The molecule has 0 aliphatic carbocycles. The number of nitrogens with zero attached hydrogens (tertiary/aromatic N) is 2. The smallest absolute Gasteiger partial charge is 0.428 e. The van der Waals surface area contributed by atoms with Crippen molar-refractivity contribution < 1.29 is 17.9 Å². The van der Waals surface area contributed by atoms with E-state index in [0.717, 1.165) is 30.6 Å². The lowest BCUT2D eigenvalue weighted by molar-refractivity contribution is -0.144. The number of alkyl halides is 3. The van der Waals surface area contributed by atoms with Gasteiger partial charge in [0.05, 0.1) is 5.69 Å². The maximum absolute atomic E-state index is 12.4. The molecule has 0 atom stereocenters. The summed E-state index contributed by atoms with van der Waals surface area (Å²) >= 11 is 0.591. The monoisotopic (exact) mass is 301 g/mol. The van der Waals surface area contributed by atoms with Gasteiger partial charge in [0.1, 0.15) is 0 Å². The maximum atomic E-state index is 12.4. The number of benzene rings is 1. The lowest BCUT2D eigenvalue weighted by atomic mass is 10.0. The standard InChI is InChI=1S/C12H10F3N3OS/c13-12(14,15)10-17-11(20-18-10)19-8-5-1-3-7-4-2-6-16-9(7)8/h1,3,5,16H,2,4,6H2. The van der Waals surface area contributed by atoms with Crippen LogP contribution in [0, 0.1) is 0 Å². The molecule has 1 aliphatic rings. The van der Waals surface area contributed by atoms with E-state index in [9.17, 15) is 13.2 Å². The first-order chi connectivity index (χ1) is 9.54. The van der Waals surface area contributed by atoms with Crippen molar-refractivity contribution in [1.29, 1.82) is 0 Å². The van der Waals surface area contributed by atoms with Crippen LogP contribution in [0.2, 0.25) is 0 Å². The number of fused-ring (bicyclic) bond motifs is 1. The molecule has 3 rings (SSSR count). The minimum absolute atomic E-state index is 0.113. The predicted octanol–water partition coefficient (Wildman–Crippen LogP) is 3.71. The molecule has 4 nitrogen and oxygen atoms in total. The highest BCUT2D eigenvalue weighted by Crippen LogP contribution is 2.37. The van der Waals surface area contributed by atoms with Gasteiger partial charge in [0.15, 0.2) is 5.75 Å². The van der Waals surface area contributed by atoms with Gasteiger partial charge in [-0.25, -0.2) is 0 Å². The molecule has 1 N–H and O–H groups in total. The van der Waals surface area contributed by atoms with E-state index < -0.39 is 12.0 Å². The van der Waals surface area contributed by atoms with Crippen LogP contribution in [-0.4, -0.2) is 15.9 Å². The second-order valence-electron chi connectivity index (χ2n) is 4.30. The third-order valence-electron chi connectivity index (χ3n) is 2.90. The number of para-hydroxylation sites is 1. The molecular formula is C12H10F3N3OS. The zero-order chi connectivity index (χ0) is 14.2. The van der Waals surface area contributed by atoms with E-state index >= 15 is 0 Å². The Balaban J connectivity index is 1.86. The summed E-state index contributed by atoms with van der Waals surface area (Å²) in [6.07, 6.45) is -2.61. The zero-order valence-electron chi connectivity index (χ0n) is 10.2. The van der Waals surface area contributed by atoms with E-state index in [1.54, 1.807) is 6.07 Å². The lowest BCUT2D eigenvalue weighted by Gasteiger charge is -2.20. The van der Waals surface area contributed by atoms with Gasteiger partial charge in [0, 0.05) is 18.1 Å². The molecule has 20 heavy (non-hydrogen) atoms. The fourth-order valence-corrected chi connectivity index (χ4v) is 2.59. The minimum Gasteiger partial charge on any atom is -0.428 e. The largest absolute Gasteiger partial charge is 0.452 e. The van der Waals surface area contributed by atoms with Crippen molar-refractivity contribution in [3.63, 3.8) is 0 Å². The number of halogens is 3. The SMILES string of the molecule is FC(F)(F)c1nsc(Oc2cccc3c2NCCC3)n1. The van der Waals surface area contributed by atoms with Crippen molar-refractivity contribution in [2.45, 2.75) is 19.0 Å². The van der Waals surface area contributed by atoms with Gasteiger partial charge in [-0.3, -0.25) is 0 Å². The van der Waals surface area contributed by atoms with Crippen molar-refractivity contribution in [2.24, 2.45) is 0 Å². The molecule has 1 aliphatic heterocycles. The number of rotatable bonds is 2. The molecule has 0 saturated carbocycles. The lowest BCUT2D eigenvalue weighted by Crippen LogP contribution is -2.12. The zero-order valence-corrected chi connectivity index (χ0v) is 11.0. The van der Waals surface area contributed by atoms with E-state index in [1.165, 1.54) is 0 Å². The van der Waals surface area contributed by atoms with Crippen LogP contribution < -0.4 is 10.1 Å². The Morgan fingerprint density at radius 2 is 2.15 bits per heavy atom. The van der Waals surface area contributed by atoms with Crippen LogP contribution in [0.25, 0.3) is 0 Å². The van der Waals surface area contributed by atoms with Crippen molar-refractivity contribution in [1.82, 2.24) is 9.36 Å². The number of hydrogen-bond acceptors (Lipinski definition) is 5. The molecule has 2 aromatic rings. The molecule has 0 spiro atoms. The van der Waals surface area contributed by atoms with Crippen molar-refractivity contribution in [3.8, 4) is 10.9 Å². The number of aryl methyl sites for hydroxylation is 1. The Hall–Kier alpha value is -1.83. The third kappa shape index (κ3) is 2.55. The summed E-state index contributed by atoms with van der Waals surface area (Å²) in [5.41, 5.74) is 1.91. The van der Waals surface area contributed by atoms with Crippen LogP contribution in [0.4, 0.5) is 18.9 Å². The number of nitrogens with one attached hydrogen (secondary N) is 1. The highest BCUT2D eigenvalue weighted by Gasteiger charge is 2.36. The molecular weight excluding hydrogens is 291 g/mol. The Morgan fingerprint density at radius 1 is 1.30 bits per heavy atom. The Bertz CT molecular complexity index is 627. The van der Waals surface area contributed by atoms with Gasteiger partial charge >= 0.3 is 6.18 Å². The quantitative estimate of drug-likeness (QED) is 0.918. The Morgan fingerprint density at radius 3 is 2.90 bits per heavy atom. The number of anilines is 1. The Kier molecular flexibility index (Phi) is 3.25. The molecule has 1 aromatic heterocycles. The average Bonchev–Trinajstić information content (AvgIpc) is 2.88. The van der Waals surface area contributed by atoms with E-state index in [2.05, 4.69) is 14.7 Å². The van der Waals surface area contributed by atoms with Crippen LogP contribution in [-0.2, 0) is 12.6 Å².